The van der Waals surface area contributed by atoms with E-state index in [1.165, 1.54) is 11.2 Å². The van der Waals surface area contributed by atoms with Crippen LogP contribution in [0.2, 0.25) is 0 Å². The first-order valence-electron chi connectivity index (χ1n) is 11.3. The number of likely N-dealkylation sites (N-methyl/N-ethyl adjacent to an activating group) is 1. The molecule has 2 heterocycles. The summed E-state index contributed by atoms with van der Waals surface area (Å²) in [5.74, 6) is 0.180. The number of anilines is 1. The maximum absolute atomic E-state index is 13.3. The number of benzene rings is 2. The number of hydrogen-bond acceptors (Lipinski definition) is 6. The molecule has 0 spiro atoms. The van der Waals surface area contributed by atoms with E-state index in [4.69, 9.17) is 4.42 Å². The van der Waals surface area contributed by atoms with Crippen LogP contribution in [0.1, 0.15) is 24.3 Å². The van der Waals surface area contributed by atoms with Crippen LogP contribution in [0.4, 0.5) is 5.69 Å². The summed E-state index contributed by atoms with van der Waals surface area (Å²) in [6.45, 7) is 2.31. The summed E-state index contributed by atoms with van der Waals surface area (Å²) in [5, 5.41) is 6.98. The number of rotatable bonds is 10. The van der Waals surface area contributed by atoms with Gasteiger partial charge in [0, 0.05) is 11.7 Å². The van der Waals surface area contributed by atoms with Gasteiger partial charge in [-0.15, -0.1) is 0 Å². The van der Waals surface area contributed by atoms with Gasteiger partial charge in [-0.05, 0) is 55.9 Å². The van der Waals surface area contributed by atoms with Gasteiger partial charge in [0.25, 0.3) is 0 Å². The summed E-state index contributed by atoms with van der Waals surface area (Å²) in [5.41, 5.74) is 2.65. The van der Waals surface area contributed by atoms with Crippen molar-refractivity contribution in [3.05, 3.63) is 97.0 Å². The van der Waals surface area contributed by atoms with Crippen molar-refractivity contribution in [3.63, 3.8) is 0 Å². The molecule has 0 saturated carbocycles. The highest BCUT2D eigenvalue weighted by molar-refractivity contribution is 5.94. The van der Waals surface area contributed by atoms with Gasteiger partial charge in [-0.3, -0.25) is 14.5 Å². The SMILES string of the molecule is CC(c1ccc(-n2cncn2)cc1)N(C)CC(=O)N(CC(=O)Nc1ccccc1)Cc1ccco1. The second kappa shape index (κ2) is 11.3. The third kappa shape index (κ3) is 6.42. The Morgan fingerprint density at radius 2 is 1.80 bits per heavy atom. The molecule has 4 rings (SSSR count). The first-order valence-corrected chi connectivity index (χ1v) is 11.3. The minimum absolute atomic E-state index is 0.0210. The Kier molecular flexibility index (Phi) is 7.69. The van der Waals surface area contributed by atoms with E-state index in [1.807, 2.05) is 61.3 Å². The van der Waals surface area contributed by atoms with Gasteiger partial charge in [-0.25, -0.2) is 9.67 Å². The first kappa shape index (κ1) is 23.9. The Labute approximate surface area is 204 Å². The quantitative estimate of drug-likeness (QED) is 0.379. The van der Waals surface area contributed by atoms with Gasteiger partial charge in [0.05, 0.1) is 25.0 Å². The summed E-state index contributed by atoms with van der Waals surface area (Å²) in [7, 11) is 1.89. The molecule has 35 heavy (non-hydrogen) atoms. The molecule has 2 amide bonds. The van der Waals surface area contributed by atoms with Gasteiger partial charge in [0.15, 0.2) is 0 Å². The fraction of sp³-hybridized carbons (Fsp3) is 0.231. The maximum Gasteiger partial charge on any atom is 0.244 e. The minimum atomic E-state index is -0.268. The number of para-hydroxylation sites is 1. The summed E-state index contributed by atoms with van der Waals surface area (Å²) in [6.07, 6.45) is 4.69. The van der Waals surface area contributed by atoms with Gasteiger partial charge in [0.2, 0.25) is 11.8 Å². The van der Waals surface area contributed by atoms with Crippen molar-refractivity contribution in [2.24, 2.45) is 0 Å². The van der Waals surface area contributed by atoms with Gasteiger partial charge in [-0.2, -0.15) is 5.10 Å². The number of carbonyl (C=O) groups excluding carboxylic acids is 2. The lowest BCUT2D eigenvalue weighted by molar-refractivity contribution is -0.136. The number of hydrogen-bond donors (Lipinski definition) is 1. The molecule has 2 aromatic carbocycles. The summed E-state index contributed by atoms with van der Waals surface area (Å²) in [6, 6.07) is 20.7. The molecule has 9 heteroatoms. The molecule has 0 saturated heterocycles. The monoisotopic (exact) mass is 472 g/mol. The number of aromatic nitrogens is 3. The molecule has 0 aliphatic rings. The van der Waals surface area contributed by atoms with Crippen LogP contribution < -0.4 is 5.32 Å². The van der Waals surface area contributed by atoms with Crippen molar-refractivity contribution < 1.29 is 14.0 Å². The highest BCUT2D eigenvalue weighted by Gasteiger charge is 2.22. The van der Waals surface area contributed by atoms with Gasteiger partial charge >= 0.3 is 0 Å². The number of carbonyl (C=O) groups is 2. The van der Waals surface area contributed by atoms with E-state index >= 15 is 0 Å². The Balaban J connectivity index is 1.40. The third-order valence-corrected chi connectivity index (χ3v) is 5.78. The smallest absolute Gasteiger partial charge is 0.244 e. The molecule has 2 aromatic heterocycles. The van der Waals surface area contributed by atoms with E-state index in [1.54, 1.807) is 41.5 Å². The Morgan fingerprint density at radius 1 is 1.03 bits per heavy atom. The molecule has 0 bridgehead atoms. The van der Waals surface area contributed by atoms with Crippen LogP contribution >= 0.6 is 0 Å². The molecule has 1 N–H and O–H groups in total. The van der Waals surface area contributed by atoms with Gasteiger partial charge in [0.1, 0.15) is 25.0 Å². The van der Waals surface area contributed by atoms with E-state index in [0.29, 0.717) is 11.4 Å². The van der Waals surface area contributed by atoms with E-state index in [2.05, 4.69) is 15.4 Å². The van der Waals surface area contributed by atoms with Crippen LogP contribution in [0.5, 0.6) is 0 Å². The van der Waals surface area contributed by atoms with Crippen molar-refractivity contribution in [1.82, 2.24) is 24.6 Å². The fourth-order valence-corrected chi connectivity index (χ4v) is 3.67. The van der Waals surface area contributed by atoms with Crippen molar-refractivity contribution in [2.75, 3.05) is 25.5 Å². The van der Waals surface area contributed by atoms with Crippen molar-refractivity contribution in [2.45, 2.75) is 19.5 Å². The van der Waals surface area contributed by atoms with Crippen LogP contribution in [-0.2, 0) is 16.1 Å². The molecule has 0 fully saturated rings. The van der Waals surface area contributed by atoms with E-state index in [-0.39, 0.29) is 37.5 Å². The predicted octanol–water partition coefficient (Wildman–Crippen LogP) is 3.52. The molecule has 9 nitrogen and oxygen atoms in total. The average Bonchev–Trinajstić information content (AvgIpc) is 3.58. The molecule has 180 valence electrons. The van der Waals surface area contributed by atoms with Crippen LogP contribution in [-0.4, -0.2) is 56.5 Å². The van der Waals surface area contributed by atoms with Crippen molar-refractivity contribution >= 4 is 17.5 Å². The fourth-order valence-electron chi connectivity index (χ4n) is 3.67. The number of nitrogens with one attached hydrogen (secondary N) is 1. The number of nitrogens with zero attached hydrogens (tertiary/aromatic N) is 5. The zero-order valence-electron chi connectivity index (χ0n) is 19.7. The van der Waals surface area contributed by atoms with E-state index in [9.17, 15) is 9.59 Å². The molecular formula is C26H28N6O3. The molecule has 0 aliphatic heterocycles. The van der Waals surface area contributed by atoms with E-state index < -0.39 is 0 Å². The average molecular weight is 473 g/mol. The van der Waals surface area contributed by atoms with Gasteiger partial charge in [-0.1, -0.05) is 30.3 Å². The molecule has 0 aliphatic carbocycles. The Morgan fingerprint density at radius 3 is 2.46 bits per heavy atom. The minimum Gasteiger partial charge on any atom is -0.467 e. The summed E-state index contributed by atoms with van der Waals surface area (Å²) >= 11 is 0. The van der Waals surface area contributed by atoms with Crippen molar-refractivity contribution in [3.8, 4) is 5.69 Å². The van der Waals surface area contributed by atoms with Gasteiger partial charge < -0.3 is 14.6 Å². The summed E-state index contributed by atoms with van der Waals surface area (Å²) in [4.78, 5) is 33.4. The van der Waals surface area contributed by atoms with Crippen LogP contribution in [0.15, 0.2) is 90.1 Å². The van der Waals surface area contributed by atoms with Crippen molar-refractivity contribution in [1.29, 1.82) is 0 Å². The predicted molar refractivity (Wildman–Crippen MR) is 132 cm³/mol. The third-order valence-electron chi connectivity index (χ3n) is 5.78. The van der Waals surface area contributed by atoms with Crippen LogP contribution in [0.25, 0.3) is 5.69 Å². The van der Waals surface area contributed by atoms with Crippen LogP contribution in [0.3, 0.4) is 0 Å². The highest BCUT2D eigenvalue weighted by atomic mass is 16.3. The standard InChI is InChI=1S/C26H28N6O3/c1-20(21-10-12-23(13-11-21)32-19-27-18-28-32)30(2)17-26(34)31(15-24-9-6-14-35-24)16-25(33)29-22-7-4-3-5-8-22/h3-14,18-20H,15-17H2,1-2H3,(H,29,33). The molecule has 4 aromatic rings. The largest absolute Gasteiger partial charge is 0.467 e. The molecular weight excluding hydrogens is 444 g/mol. The maximum atomic E-state index is 13.3. The lowest BCUT2D eigenvalue weighted by Gasteiger charge is -2.28. The topological polar surface area (TPSA) is 96.5 Å². The zero-order chi connectivity index (χ0) is 24.6. The second-order valence-electron chi connectivity index (χ2n) is 8.27. The molecule has 1 unspecified atom stereocenters. The lowest BCUT2D eigenvalue weighted by Crippen LogP contribution is -2.43. The zero-order valence-corrected chi connectivity index (χ0v) is 19.7. The highest BCUT2D eigenvalue weighted by Crippen LogP contribution is 2.20. The lowest BCUT2D eigenvalue weighted by atomic mass is 10.1. The molecule has 1 atom stereocenters. The normalized spacial score (nSPS) is 11.9. The molecule has 0 radical (unpaired) electrons. The van der Waals surface area contributed by atoms with E-state index in [0.717, 1.165) is 11.3 Å². The second-order valence-corrected chi connectivity index (χ2v) is 8.27. The Bertz CT molecular complexity index is 1210. The Hall–Kier alpha value is -4.24. The van der Waals surface area contributed by atoms with Crippen LogP contribution in [0, 0.1) is 0 Å². The first-order chi connectivity index (χ1) is 17.0. The number of furan rings is 1. The summed E-state index contributed by atoms with van der Waals surface area (Å²) < 4.78 is 7.12. The number of amides is 2.